The minimum absolute atomic E-state index is 0.0272. The zero-order chi connectivity index (χ0) is 20.1. The number of anilines is 1. The molecule has 0 saturated carbocycles. The molecule has 0 spiro atoms. The van der Waals surface area contributed by atoms with Gasteiger partial charge in [0.15, 0.2) is 5.82 Å². The van der Waals surface area contributed by atoms with Crippen molar-refractivity contribution in [2.75, 3.05) is 11.9 Å². The van der Waals surface area contributed by atoms with Gasteiger partial charge in [0.05, 0.1) is 21.3 Å². The van der Waals surface area contributed by atoms with E-state index in [4.69, 9.17) is 9.97 Å². The lowest BCUT2D eigenvalue weighted by molar-refractivity contribution is 0.581. The summed E-state index contributed by atoms with van der Waals surface area (Å²) in [6, 6.07) is 1.97. The van der Waals surface area contributed by atoms with Crippen molar-refractivity contribution < 1.29 is 0 Å². The number of unbranched alkanes of at least 4 members (excludes halogenated alkanes) is 1. The Kier molecular flexibility index (Phi) is 6.33. The van der Waals surface area contributed by atoms with Crippen molar-refractivity contribution in [3.63, 3.8) is 0 Å². The van der Waals surface area contributed by atoms with Crippen molar-refractivity contribution in [3.8, 4) is 10.6 Å². The van der Waals surface area contributed by atoms with Crippen LogP contribution in [0.4, 0.5) is 5.95 Å². The molecule has 0 atom stereocenters. The van der Waals surface area contributed by atoms with Crippen molar-refractivity contribution in [2.45, 2.75) is 65.2 Å². The number of rotatable bonds is 8. The van der Waals surface area contributed by atoms with Gasteiger partial charge < -0.3 is 5.32 Å². The van der Waals surface area contributed by atoms with E-state index in [-0.39, 0.29) is 5.41 Å². The van der Waals surface area contributed by atoms with E-state index in [9.17, 15) is 0 Å². The first-order chi connectivity index (χ1) is 13.3. The molecule has 3 heterocycles. The zero-order valence-corrected chi connectivity index (χ0v) is 18.0. The highest BCUT2D eigenvalue weighted by molar-refractivity contribution is 7.15. The fourth-order valence-electron chi connectivity index (χ4n) is 2.69. The lowest BCUT2D eigenvalue weighted by Crippen LogP contribution is -2.10. The molecular formula is C19H28N8S. The Balaban J connectivity index is 1.66. The largest absolute Gasteiger partial charge is 0.354 e. The first kappa shape index (κ1) is 20.3. The summed E-state index contributed by atoms with van der Waals surface area (Å²) in [6.07, 6.45) is 4.58. The van der Waals surface area contributed by atoms with Gasteiger partial charge in [0.2, 0.25) is 5.95 Å². The van der Waals surface area contributed by atoms with Crippen LogP contribution in [0.5, 0.6) is 0 Å². The van der Waals surface area contributed by atoms with Gasteiger partial charge in [0, 0.05) is 24.6 Å². The van der Waals surface area contributed by atoms with Crippen LogP contribution >= 0.6 is 11.3 Å². The number of tetrazole rings is 1. The first-order valence-corrected chi connectivity index (χ1v) is 10.5. The molecule has 28 heavy (non-hydrogen) atoms. The maximum absolute atomic E-state index is 4.92. The Morgan fingerprint density at radius 3 is 2.68 bits per heavy atom. The van der Waals surface area contributed by atoms with E-state index in [1.807, 2.05) is 12.3 Å². The summed E-state index contributed by atoms with van der Waals surface area (Å²) in [5, 5.41) is 18.4. The van der Waals surface area contributed by atoms with Crippen molar-refractivity contribution in [2.24, 2.45) is 0 Å². The number of aromatic amines is 1. The molecule has 0 unspecified atom stereocenters. The summed E-state index contributed by atoms with van der Waals surface area (Å²) >= 11 is 1.74. The molecule has 150 valence electrons. The molecule has 3 rings (SSSR count). The summed E-state index contributed by atoms with van der Waals surface area (Å²) in [5.41, 5.74) is 2.07. The molecule has 0 aliphatic rings. The molecule has 0 saturated heterocycles. The third-order valence-electron chi connectivity index (χ3n) is 4.23. The normalized spacial score (nSPS) is 11.9. The van der Waals surface area contributed by atoms with E-state index < -0.39 is 0 Å². The SMILES string of the molecule is CC(C)c1nc(C(C)(C)C)sc1-c1ccnc(NCCCCc2nn[nH]n2)n1. The number of H-pyrrole nitrogens is 1. The summed E-state index contributed by atoms with van der Waals surface area (Å²) in [7, 11) is 0. The van der Waals surface area contributed by atoms with Crippen molar-refractivity contribution in [1.29, 1.82) is 0 Å². The van der Waals surface area contributed by atoms with Crippen LogP contribution in [-0.4, -0.2) is 42.1 Å². The number of hydrogen-bond acceptors (Lipinski definition) is 8. The Labute approximate surface area is 169 Å². The highest BCUT2D eigenvalue weighted by atomic mass is 32.1. The van der Waals surface area contributed by atoms with Crippen LogP contribution in [-0.2, 0) is 11.8 Å². The second kappa shape index (κ2) is 8.72. The summed E-state index contributed by atoms with van der Waals surface area (Å²) in [4.78, 5) is 15.2. The van der Waals surface area contributed by atoms with Gasteiger partial charge in [-0.25, -0.2) is 15.0 Å². The van der Waals surface area contributed by atoms with Gasteiger partial charge in [-0.2, -0.15) is 5.21 Å². The third kappa shape index (κ3) is 5.09. The fraction of sp³-hybridized carbons (Fsp3) is 0.579. The molecule has 0 fully saturated rings. The van der Waals surface area contributed by atoms with Gasteiger partial charge in [0.1, 0.15) is 0 Å². The lowest BCUT2D eigenvalue weighted by atomic mass is 9.98. The number of nitrogens with zero attached hydrogens (tertiary/aromatic N) is 6. The van der Waals surface area contributed by atoms with E-state index in [1.165, 1.54) is 0 Å². The van der Waals surface area contributed by atoms with E-state index in [0.717, 1.165) is 52.9 Å². The van der Waals surface area contributed by atoms with Crippen LogP contribution in [0.25, 0.3) is 10.6 Å². The number of hydrogen-bond donors (Lipinski definition) is 2. The van der Waals surface area contributed by atoms with Crippen molar-refractivity contribution in [3.05, 3.63) is 28.8 Å². The second-order valence-electron chi connectivity index (χ2n) is 8.12. The molecule has 0 radical (unpaired) electrons. The van der Waals surface area contributed by atoms with Gasteiger partial charge >= 0.3 is 0 Å². The predicted molar refractivity (Wildman–Crippen MR) is 112 cm³/mol. The van der Waals surface area contributed by atoms with E-state index in [2.05, 4.69) is 65.5 Å². The van der Waals surface area contributed by atoms with Crippen LogP contribution in [0.15, 0.2) is 12.3 Å². The Morgan fingerprint density at radius 1 is 1.18 bits per heavy atom. The van der Waals surface area contributed by atoms with Crippen LogP contribution in [0.1, 0.15) is 69.9 Å². The average Bonchev–Trinajstić information content (AvgIpc) is 3.31. The number of nitrogens with one attached hydrogen (secondary N) is 2. The van der Waals surface area contributed by atoms with Crippen LogP contribution in [0.2, 0.25) is 0 Å². The monoisotopic (exact) mass is 400 g/mol. The highest BCUT2D eigenvalue weighted by Gasteiger charge is 2.24. The minimum atomic E-state index is 0.0272. The van der Waals surface area contributed by atoms with E-state index in [0.29, 0.717) is 11.9 Å². The summed E-state index contributed by atoms with van der Waals surface area (Å²) in [5.74, 6) is 1.75. The van der Waals surface area contributed by atoms with Crippen LogP contribution in [0, 0.1) is 0 Å². The molecule has 3 aromatic rings. The number of aromatic nitrogens is 7. The molecule has 0 bridgehead atoms. The maximum atomic E-state index is 4.92. The Bertz CT molecular complexity index is 880. The maximum Gasteiger partial charge on any atom is 0.223 e. The average molecular weight is 401 g/mol. The van der Waals surface area contributed by atoms with Gasteiger partial charge in [-0.1, -0.05) is 39.8 Å². The first-order valence-electron chi connectivity index (χ1n) is 9.65. The van der Waals surface area contributed by atoms with Gasteiger partial charge in [-0.15, -0.1) is 21.5 Å². The van der Waals surface area contributed by atoms with Gasteiger partial charge in [-0.3, -0.25) is 0 Å². The molecule has 0 aliphatic heterocycles. The highest BCUT2D eigenvalue weighted by Crippen LogP contribution is 2.38. The Morgan fingerprint density at radius 2 is 2.00 bits per heavy atom. The predicted octanol–water partition coefficient (Wildman–Crippen LogP) is 3.97. The zero-order valence-electron chi connectivity index (χ0n) is 17.2. The third-order valence-corrected chi connectivity index (χ3v) is 5.75. The molecule has 0 aliphatic carbocycles. The molecule has 2 N–H and O–H groups in total. The van der Waals surface area contributed by atoms with Gasteiger partial charge in [0.25, 0.3) is 0 Å². The molecule has 3 aromatic heterocycles. The molecular weight excluding hydrogens is 372 g/mol. The van der Waals surface area contributed by atoms with Crippen molar-refractivity contribution >= 4 is 17.3 Å². The summed E-state index contributed by atoms with van der Waals surface area (Å²) < 4.78 is 0. The molecule has 0 amide bonds. The van der Waals surface area contributed by atoms with E-state index >= 15 is 0 Å². The standard InChI is InChI=1S/C19H28N8S/c1-12(2)15-16(28-17(23-15)19(3,4)5)13-9-11-21-18(22-13)20-10-7-6-8-14-24-26-27-25-14/h9,11-12H,6-8,10H2,1-5H3,(H,20,21,22)(H,24,25,26,27). The Hall–Kier alpha value is -2.42. The number of thiazole rings is 1. The van der Waals surface area contributed by atoms with E-state index in [1.54, 1.807) is 11.3 Å². The molecule has 9 heteroatoms. The van der Waals surface area contributed by atoms with Gasteiger partial charge in [-0.05, 0) is 24.8 Å². The van der Waals surface area contributed by atoms with Crippen LogP contribution < -0.4 is 5.32 Å². The van der Waals surface area contributed by atoms with Crippen molar-refractivity contribution in [1.82, 2.24) is 35.6 Å². The minimum Gasteiger partial charge on any atom is -0.354 e. The lowest BCUT2D eigenvalue weighted by Gasteiger charge is -2.13. The topological polar surface area (TPSA) is 105 Å². The summed E-state index contributed by atoms with van der Waals surface area (Å²) in [6.45, 7) is 11.7. The number of aryl methyl sites for hydroxylation is 1. The second-order valence-corrected chi connectivity index (χ2v) is 9.11. The molecule has 0 aromatic carbocycles. The smallest absolute Gasteiger partial charge is 0.223 e. The fourth-order valence-corrected chi connectivity index (χ4v) is 3.94. The molecule has 8 nitrogen and oxygen atoms in total. The quantitative estimate of drug-likeness (QED) is 0.551. The van der Waals surface area contributed by atoms with Crippen LogP contribution in [0.3, 0.4) is 0 Å².